The minimum atomic E-state index is 0.112. The molecule has 0 N–H and O–H groups in total. The van der Waals surface area contributed by atoms with Crippen LogP contribution >= 0.6 is 11.3 Å². The van der Waals surface area contributed by atoms with Gasteiger partial charge in [-0.15, -0.1) is 0 Å². The Morgan fingerprint density at radius 3 is 2.88 bits per heavy atom. The minimum Gasteiger partial charge on any atom is -0.345 e. The Morgan fingerprint density at radius 2 is 2.25 bits per heavy atom. The number of nitrogens with zero attached hydrogens (tertiary/aromatic N) is 2. The number of Topliss-reactive ketones (excluding diaryl/α,β-unsaturated/α-hetero) is 1. The lowest BCUT2D eigenvalue weighted by Crippen LogP contribution is -2.40. The topological polar surface area (TPSA) is 33.2 Å². The lowest BCUT2D eigenvalue weighted by Gasteiger charge is -2.36. The molecule has 0 amide bonds. The molecule has 2 rings (SSSR count). The predicted octanol–water partition coefficient (Wildman–Crippen LogP) is 2.97. The lowest BCUT2D eigenvalue weighted by atomic mass is 9.96. The van der Waals surface area contributed by atoms with E-state index in [2.05, 4.69) is 23.7 Å². The van der Waals surface area contributed by atoms with E-state index in [0.717, 1.165) is 22.5 Å². The van der Waals surface area contributed by atoms with E-state index in [1.54, 1.807) is 13.1 Å². The number of carbonyl (C=O) groups excluding carboxylic acids is 1. The van der Waals surface area contributed by atoms with Crippen molar-refractivity contribution in [3.05, 3.63) is 11.1 Å². The van der Waals surface area contributed by atoms with Gasteiger partial charge in [0.1, 0.15) is 0 Å². The molecular formula is C12H18N2OS. The van der Waals surface area contributed by atoms with Crippen LogP contribution in [0.25, 0.3) is 0 Å². The van der Waals surface area contributed by atoms with Gasteiger partial charge in [-0.25, -0.2) is 4.98 Å². The molecule has 1 aliphatic heterocycles. The first-order chi connectivity index (χ1) is 7.58. The first-order valence-electron chi connectivity index (χ1n) is 5.81. The summed E-state index contributed by atoms with van der Waals surface area (Å²) in [6, 6.07) is 0.544. The first-order valence-corrected chi connectivity index (χ1v) is 6.63. The molecule has 1 fully saturated rings. The quantitative estimate of drug-likeness (QED) is 0.743. The van der Waals surface area contributed by atoms with Crippen LogP contribution < -0.4 is 4.90 Å². The Bertz CT molecular complexity index is 388. The average molecular weight is 238 g/mol. The molecule has 1 aromatic heterocycles. The van der Waals surface area contributed by atoms with E-state index in [1.807, 2.05) is 0 Å². The van der Waals surface area contributed by atoms with Crippen molar-refractivity contribution in [2.24, 2.45) is 5.92 Å². The lowest BCUT2D eigenvalue weighted by molar-refractivity contribution is 0.102. The van der Waals surface area contributed by atoms with Crippen LogP contribution in [0.1, 0.15) is 43.3 Å². The molecule has 1 saturated heterocycles. The molecule has 2 heterocycles. The Balaban J connectivity index is 2.18. The van der Waals surface area contributed by atoms with Crippen LogP contribution in [0, 0.1) is 5.92 Å². The molecule has 16 heavy (non-hydrogen) atoms. The molecule has 2 unspecified atom stereocenters. The van der Waals surface area contributed by atoms with Gasteiger partial charge in [-0.2, -0.15) is 0 Å². The van der Waals surface area contributed by atoms with E-state index in [1.165, 1.54) is 24.2 Å². The van der Waals surface area contributed by atoms with Gasteiger partial charge in [-0.3, -0.25) is 4.79 Å². The van der Waals surface area contributed by atoms with Crippen LogP contribution in [0.5, 0.6) is 0 Å². The maximum atomic E-state index is 11.2. The molecule has 1 aromatic rings. The van der Waals surface area contributed by atoms with Gasteiger partial charge in [0.05, 0.1) is 11.1 Å². The highest BCUT2D eigenvalue weighted by atomic mass is 32.1. The third kappa shape index (κ3) is 2.26. The largest absolute Gasteiger partial charge is 0.345 e. The zero-order chi connectivity index (χ0) is 11.7. The number of rotatable bonds is 2. The monoisotopic (exact) mass is 238 g/mol. The number of hydrogen-bond donors (Lipinski definition) is 0. The Labute approximate surface area is 100 Å². The number of piperidine rings is 1. The Kier molecular flexibility index (Phi) is 3.28. The van der Waals surface area contributed by atoms with Crippen LogP contribution in [0.2, 0.25) is 0 Å². The number of thiazole rings is 1. The molecule has 1 aliphatic rings. The smallest absolute Gasteiger partial charge is 0.186 e. The van der Waals surface area contributed by atoms with Crippen LogP contribution in [0.15, 0.2) is 6.20 Å². The van der Waals surface area contributed by atoms with Crippen LogP contribution in [0.4, 0.5) is 5.13 Å². The van der Waals surface area contributed by atoms with E-state index in [-0.39, 0.29) is 5.78 Å². The standard InChI is InChI=1S/C12H18N2OS/c1-8-4-5-9(2)14(7-8)12-13-6-11(16-12)10(3)15/h6,8-9H,4-5,7H2,1-3H3. The number of hydrogen-bond acceptors (Lipinski definition) is 4. The van der Waals surface area contributed by atoms with Gasteiger partial charge in [-0.1, -0.05) is 18.3 Å². The summed E-state index contributed by atoms with van der Waals surface area (Å²) in [5, 5.41) is 1.00. The van der Waals surface area contributed by atoms with Gasteiger partial charge in [0, 0.05) is 19.5 Å². The van der Waals surface area contributed by atoms with Crippen LogP contribution in [-0.4, -0.2) is 23.4 Å². The molecule has 0 aromatic carbocycles. The van der Waals surface area contributed by atoms with Crippen LogP contribution in [-0.2, 0) is 0 Å². The summed E-state index contributed by atoms with van der Waals surface area (Å²) >= 11 is 1.52. The molecule has 0 spiro atoms. The van der Waals surface area contributed by atoms with Crippen molar-refractivity contribution in [2.75, 3.05) is 11.4 Å². The zero-order valence-electron chi connectivity index (χ0n) is 10.1. The molecule has 0 saturated carbocycles. The van der Waals surface area contributed by atoms with E-state index < -0.39 is 0 Å². The van der Waals surface area contributed by atoms with E-state index in [9.17, 15) is 4.79 Å². The normalized spacial score (nSPS) is 25.8. The summed E-state index contributed by atoms with van der Waals surface area (Å²) < 4.78 is 0. The fourth-order valence-corrected chi connectivity index (χ4v) is 3.04. The minimum absolute atomic E-state index is 0.112. The molecule has 3 nitrogen and oxygen atoms in total. The van der Waals surface area contributed by atoms with Crippen molar-refractivity contribution >= 4 is 22.3 Å². The molecule has 88 valence electrons. The van der Waals surface area contributed by atoms with Gasteiger partial charge in [0.2, 0.25) is 0 Å². The second-order valence-corrected chi connectivity index (χ2v) is 5.76. The Morgan fingerprint density at radius 1 is 1.50 bits per heavy atom. The summed E-state index contributed by atoms with van der Waals surface area (Å²) in [5.41, 5.74) is 0. The van der Waals surface area contributed by atoms with Crippen molar-refractivity contribution in [3.63, 3.8) is 0 Å². The van der Waals surface area contributed by atoms with Crippen molar-refractivity contribution in [1.82, 2.24) is 4.98 Å². The highest BCUT2D eigenvalue weighted by Crippen LogP contribution is 2.30. The van der Waals surface area contributed by atoms with E-state index in [0.29, 0.717) is 6.04 Å². The second-order valence-electron chi connectivity index (χ2n) is 4.75. The van der Waals surface area contributed by atoms with Gasteiger partial charge < -0.3 is 4.90 Å². The van der Waals surface area contributed by atoms with Gasteiger partial charge in [0.25, 0.3) is 0 Å². The van der Waals surface area contributed by atoms with Crippen molar-refractivity contribution in [2.45, 2.75) is 39.7 Å². The summed E-state index contributed by atoms with van der Waals surface area (Å²) in [6.07, 6.45) is 4.22. The number of carbonyl (C=O) groups is 1. The van der Waals surface area contributed by atoms with Crippen molar-refractivity contribution in [3.8, 4) is 0 Å². The average Bonchev–Trinajstić information content (AvgIpc) is 2.70. The summed E-state index contributed by atoms with van der Waals surface area (Å²) in [4.78, 5) is 18.7. The maximum absolute atomic E-state index is 11.2. The van der Waals surface area contributed by atoms with Crippen molar-refractivity contribution < 1.29 is 4.79 Å². The van der Waals surface area contributed by atoms with Crippen molar-refractivity contribution in [1.29, 1.82) is 0 Å². The fraction of sp³-hybridized carbons (Fsp3) is 0.667. The highest BCUT2D eigenvalue weighted by molar-refractivity contribution is 7.17. The maximum Gasteiger partial charge on any atom is 0.186 e. The molecule has 0 aliphatic carbocycles. The van der Waals surface area contributed by atoms with Crippen LogP contribution in [0.3, 0.4) is 0 Å². The SMILES string of the molecule is CC(=O)c1cnc(N2CC(C)CCC2C)s1. The predicted molar refractivity (Wildman–Crippen MR) is 67.3 cm³/mol. The number of aromatic nitrogens is 1. The first kappa shape index (κ1) is 11.6. The van der Waals surface area contributed by atoms with Gasteiger partial charge >= 0.3 is 0 Å². The Hall–Kier alpha value is -0.900. The third-order valence-corrected chi connectivity index (χ3v) is 4.34. The summed E-state index contributed by atoms with van der Waals surface area (Å²) in [5.74, 6) is 0.835. The fourth-order valence-electron chi connectivity index (χ4n) is 2.12. The summed E-state index contributed by atoms with van der Waals surface area (Å²) in [6.45, 7) is 7.17. The van der Waals surface area contributed by atoms with E-state index in [4.69, 9.17) is 0 Å². The van der Waals surface area contributed by atoms with E-state index >= 15 is 0 Å². The highest BCUT2D eigenvalue weighted by Gasteiger charge is 2.25. The van der Waals surface area contributed by atoms with Gasteiger partial charge in [-0.05, 0) is 25.7 Å². The zero-order valence-corrected chi connectivity index (χ0v) is 10.9. The molecule has 0 bridgehead atoms. The van der Waals surface area contributed by atoms with Gasteiger partial charge in [0.15, 0.2) is 10.9 Å². The molecular weight excluding hydrogens is 220 g/mol. The molecule has 0 radical (unpaired) electrons. The summed E-state index contributed by atoms with van der Waals surface area (Å²) in [7, 11) is 0. The number of anilines is 1. The second kappa shape index (κ2) is 4.53. The third-order valence-electron chi connectivity index (χ3n) is 3.20. The molecule has 2 atom stereocenters. The molecule has 4 heteroatoms. The number of ketones is 1.